The fraction of sp³-hybridized carbons (Fsp3) is 0. The monoisotopic (exact) mass is 477 g/mol. The van der Waals surface area contributed by atoms with E-state index in [9.17, 15) is 0 Å². The molecule has 0 atom stereocenters. The Morgan fingerprint density at radius 3 is 1.37 bits per heavy atom. The number of anilines is 3. The Kier molecular flexibility index (Phi) is 5.42. The standard InChI is InChI=1S/C24H17Br2N/c25-20-15-19(16-21(26)17-20)18-11-13-24(14-12-18)27(22-7-3-1-4-8-22)23-9-5-2-6-10-23/h1-17H. The minimum absolute atomic E-state index is 1.06. The molecule has 0 spiro atoms. The van der Waals surface area contributed by atoms with Gasteiger partial charge in [-0.3, -0.25) is 0 Å². The Morgan fingerprint density at radius 1 is 0.444 bits per heavy atom. The molecule has 4 rings (SSSR count). The van der Waals surface area contributed by atoms with Crippen molar-refractivity contribution in [1.82, 2.24) is 0 Å². The second kappa shape index (κ2) is 8.12. The number of halogens is 2. The Bertz CT molecular complexity index is 969. The maximum atomic E-state index is 3.57. The third-order valence-electron chi connectivity index (χ3n) is 4.35. The highest BCUT2D eigenvalue weighted by atomic mass is 79.9. The Morgan fingerprint density at radius 2 is 0.889 bits per heavy atom. The molecule has 132 valence electrons. The van der Waals surface area contributed by atoms with Gasteiger partial charge in [0.1, 0.15) is 0 Å². The predicted octanol–water partition coefficient (Wildman–Crippen LogP) is 8.35. The summed E-state index contributed by atoms with van der Waals surface area (Å²) in [6.45, 7) is 0. The second-order valence-electron chi connectivity index (χ2n) is 6.21. The molecule has 0 aliphatic carbocycles. The van der Waals surface area contributed by atoms with E-state index in [1.54, 1.807) is 0 Å². The van der Waals surface area contributed by atoms with Crippen LogP contribution in [0.15, 0.2) is 112 Å². The van der Waals surface area contributed by atoms with Gasteiger partial charge in [0.25, 0.3) is 0 Å². The van der Waals surface area contributed by atoms with E-state index in [1.165, 1.54) is 11.1 Å². The van der Waals surface area contributed by atoms with Gasteiger partial charge in [-0.25, -0.2) is 0 Å². The number of nitrogens with zero attached hydrogens (tertiary/aromatic N) is 1. The van der Waals surface area contributed by atoms with Gasteiger partial charge in [0.15, 0.2) is 0 Å². The molecule has 0 N–H and O–H groups in total. The highest BCUT2D eigenvalue weighted by molar-refractivity contribution is 9.11. The normalized spacial score (nSPS) is 10.6. The van der Waals surface area contributed by atoms with Gasteiger partial charge < -0.3 is 4.90 Å². The topological polar surface area (TPSA) is 3.24 Å². The molecule has 0 aromatic heterocycles. The van der Waals surface area contributed by atoms with Gasteiger partial charge in [0, 0.05) is 26.0 Å². The summed E-state index contributed by atoms with van der Waals surface area (Å²) in [5, 5.41) is 0. The maximum absolute atomic E-state index is 3.57. The summed E-state index contributed by atoms with van der Waals surface area (Å²) in [6, 6.07) is 35.9. The van der Waals surface area contributed by atoms with Crippen molar-refractivity contribution in [3.8, 4) is 11.1 Å². The van der Waals surface area contributed by atoms with Crippen molar-refractivity contribution >= 4 is 48.9 Å². The Balaban J connectivity index is 1.75. The fourth-order valence-corrected chi connectivity index (χ4v) is 4.42. The van der Waals surface area contributed by atoms with Crippen molar-refractivity contribution in [3.05, 3.63) is 112 Å². The first kappa shape index (κ1) is 18.0. The van der Waals surface area contributed by atoms with Crippen LogP contribution in [0.3, 0.4) is 0 Å². The molecule has 0 fully saturated rings. The number of para-hydroxylation sites is 2. The SMILES string of the molecule is Brc1cc(Br)cc(-c2ccc(N(c3ccccc3)c3ccccc3)cc2)c1. The van der Waals surface area contributed by atoms with Crippen LogP contribution in [0.4, 0.5) is 17.1 Å². The molecule has 0 aliphatic rings. The zero-order valence-electron chi connectivity index (χ0n) is 14.5. The van der Waals surface area contributed by atoms with Crippen LogP contribution in [0, 0.1) is 0 Å². The summed E-state index contributed by atoms with van der Waals surface area (Å²) in [5.74, 6) is 0. The molecule has 0 saturated heterocycles. The van der Waals surface area contributed by atoms with Gasteiger partial charge >= 0.3 is 0 Å². The van der Waals surface area contributed by atoms with Crippen LogP contribution >= 0.6 is 31.9 Å². The summed E-state index contributed by atoms with van der Waals surface area (Å²) >= 11 is 7.14. The van der Waals surface area contributed by atoms with E-state index in [-0.39, 0.29) is 0 Å². The zero-order chi connectivity index (χ0) is 18.6. The molecule has 0 unspecified atom stereocenters. The number of hydrogen-bond donors (Lipinski definition) is 0. The van der Waals surface area contributed by atoms with Crippen LogP contribution in [-0.4, -0.2) is 0 Å². The third-order valence-corrected chi connectivity index (χ3v) is 5.27. The van der Waals surface area contributed by atoms with E-state index in [2.05, 4.69) is 122 Å². The number of rotatable bonds is 4. The van der Waals surface area contributed by atoms with Crippen molar-refractivity contribution in [2.75, 3.05) is 4.90 Å². The highest BCUT2D eigenvalue weighted by Gasteiger charge is 2.12. The number of hydrogen-bond acceptors (Lipinski definition) is 1. The van der Waals surface area contributed by atoms with E-state index in [0.717, 1.165) is 26.0 Å². The molecule has 0 amide bonds. The van der Waals surface area contributed by atoms with Crippen molar-refractivity contribution in [2.45, 2.75) is 0 Å². The van der Waals surface area contributed by atoms with E-state index < -0.39 is 0 Å². The lowest BCUT2D eigenvalue weighted by molar-refractivity contribution is 1.28. The Labute approximate surface area is 176 Å². The van der Waals surface area contributed by atoms with E-state index >= 15 is 0 Å². The van der Waals surface area contributed by atoms with Gasteiger partial charge in [-0.2, -0.15) is 0 Å². The molecule has 0 radical (unpaired) electrons. The van der Waals surface area contributed by atoms with Gasteiger partial charge in [0.2, 0.25) is 0 Å². The first-order valence-corrected chi connectivity index (χ1v) is 10.3. The fourth-order valence-electron chi connectivity index (χ4n) is 3.12. The molecular weight excluding hydrogens is 462 g/mol. The average molecular weight is 479 g/mol. The van der Waals surface area contributed by atoms with Crippen molar-refractivity contribution < 1.29 is 0 Å². The zero-order valence-corrected chi connectivity index (χ0v) is 17.7. The quantitative estimate of drug-likeness (QED) is 0.284. The third kappa shape index (κ3) is 4.15. The van der Waals surface area contributed by atoms with Gasteiger partial charge in [0.05, 0.1) is 0 Å². The van der Waals surface area contributed by atoms with E-state index in [0.29, 0.717) is 0 Å². The van der Waals surface area contributed by atoms with Crippen LogP contribution in [0.1, 0.15) is 0 Å². The van der Waals surface area contributed by atoms with Crippen LogP contribution in [-0.2, 0) is 0 Å². The predicted molar refractivity (Wildman–Crippen MR) is 122 cm³/mol. The molecule has 0 heterocycles. The second-order valence-corrected chi connectivity index (χ2v) is 8.04. The smallest absolute Gasteiger partial charge is 0.0462 e. The van der Waals surface area contributed by atoms with Crippen molar-refractivity contribution in [1.29, 1.82) is 0 Å². The molecule has 27 heavy (non-hydrogen) atoms. The first-order chi connectivity index (χ1) is 13.2. The van der Waals surface area contributed by atoms with Crippen LogP contribution in [0.5, 0.6) is 0 Å². The van der Waals surface area contributed by atoms with Gasteiger partial charge in [-0.15, -0.1) is 0 Å². The van der Waals surface area contributed by atoms with Crippen molar-refractivity contribution in [2.24, 2.45) is 0 Å². The lowest BCUT2D eigenvalue weighted by Gasteiger charge is -2.25. The Hall–Kier alpha value is -2.36. The molecular formula is C24H17Br2N. The van der Waals surface area contributed by atoms with E-state index in [1.807, 2.05) is 18.2 Å². The molecule has 1 nitrogen and oxygen atoms in total. The summed E-state index contributed by atoms with van der Waals surface area (Å²) in [4.78, 5) is 2.26. The number of benzene rings is 4. The largest absolute Gasteiger partial charge is 0.311 e. The van der Waals surface area contributed by atoms with Crippen LogP contribution in [0.2, 0.25) is 0 Å². The summed E-state index contributed by atoms with van der Waals surface area (Å²) in [7, 11) is 0. The molecule has 0 bridgehead atoms. The lowest BCUT2D eigenvalue weighted by atomic mass is 10.0. The molecule has 3 heteroatoms. The summed E-state index contributed by atoms with van der Waals surface area (Å²) < 4.78 is 2.12. The molecule has 4 aromatic carbocycles. The van der Waals surface area contributed by atoms with Crippen molar-refractivity contribution in [3.63, 3.8) is 0 Å². The minimum atomic E-state index is 1.06. The summed E-state index contributed by atoms with van der Waals surface area (Å²) in [6.07, 6.45) is 0. The average Bonchev–Trinajstić information content (AvgIpc) is 2.70. The minimum Gasteiger partial charge on any atom is -0.311 e. The molecule has 0 aliphatic heterocycles. The van der Waals surface area contributed by atoms with E-state index in [4.69, 9.17) is 0 Å². The maximum Gasteiger partial charge on any atom is 0.0462 e. The van der Waals surface area contributed by atoms with Gasteiger partial charge in [-0.1, -0.05) is 80.4 Å². The van der Waals surface area contributed by atoms with Crippen LogP contribution < -0.4 is 4.90 Å². The first-order valence-electron chi connectivity index (χ1n) is 8.67. The van der Waals surface area contributed by atoms with Crippen LogP contribution in [0.25, 0.3) is 11.1 Å². The molecule has 0 saturated carbocycles. The lowest BCUT2D eigenvalue weighted by Crippen LogP contribution is -2.09. The summed E-state index contributed by atoms with van der Waals surface area (Å²) in [5.41, 5.74) is 5.77. The van der Waals surface area contributed by atoms with Gasteiger partial charge in [-0.05, 0) is 65.7 Å². The molecule has 4 aromatic rings. The highest BCUT2D eigenvalue weighted by Crippen LogP contribution is 2.35.